The van der Waals surface area contributed by atoms with Crippen LogP contribution in [0.1, 0.15) is 34.1 Å². The van der Waals surface area contributed by atoms with Crippen LogP contribution >= 0.6 is 0 Å². The van der Waals surface area contributed by atoms with Gasteiger partial charge in [0.05, 0.1) is 6.04 Å². The van der Waals surface area contributed by atoms with Gasteiger partial charge in [0.2, 0.25) is 11.7 Å². The molecule has 1 aliphatic rings. The second kappa shape index (κ2) is 9.01. The monoisotopic (exact) mass is 456 g/mol. The van der Waals surface area contributed by atoms with Gasteiger partial charge < -0.3 is 20.2 Å². The Bertz CT molecular complexity index is 1380. The van der Waals surface area contributed by atoms with E-state index in [0.29, 0.717) is 34.3 Å². The number of fused-ring (bicyclic) bond motifs is 1. The fourth-order valence-electron chi connectivity index (χ4n) is 4.16. The van der Waals surface area contributed by atoms with E-state index in [4.69, 9.17) is 4.42 Å². The Kier molecular flexibility index (Phi) is 5.75. The molecule has 1 aliphatic heterocycles. The summed E-state index contributed by atoms with van der Waals surface area (Å²) < 4.78 is 5.84. The van der Waals surface area contributed by atoms with Crippen molar-refractivity contribution < 1.29 is 19.1 Å². The molecule has 2 unspecified atom stereocenters. The van der Waals surface area contributed by atoms with Crippen molar-refractivity contribution in [3.05, 3.63) is 89.7 Å². The van der Waals surface area contributed by atoms with E-state index >= 15 is 0 Å². The van der Waals surface area contributed by atoms with Crippen LogP contribution in [-0.4, -0.2) is 23.0 Å². The number of carbonyl (C=O) groups excluding carboxylic acids is 2. The van der Waals surface area contributed by atoms with Gasteiger partial charge in [-0.15, -0.1) is 0 Å². The zero-order chi connectivity index (χ0) is 23.7. The maximum Gasteiger partial charge on any atom is 0.293 e. The number of carbonyl (C=O) groups is 2. The minimum atomic E-state index is -0.578. The molecule has 1 fully saturated rings. The summed E-state index contributed by atoms with van der Waals surface area (Å²) >= 11 is 0. The van der Waals surface area contributed by atoms with Gasteiger partial charge in [0.1, 0.15) is 23.1 Å². The van der Waals surface area contributed by atoms with E-state index in [9.17, 15) is 14.7 Å². The summed E-state index contributed by atoms with van der Waals surface area (Å²) in [6, 6.07) is 20.8. The molecule has 2 atom stereocenters. The number of aromatic hydroxyl groups is 1. The van der Waals surface area contributed by atoms with Gasteiger partial charge in [-0.25, -0.2) is 10.9 Å². The van der Waals surface area contributed by atoms with Gasteiger partial charge in [-0.1, -0.05) is 42.5 Å². The maximum absolute atomic E-state index is 13.1. The molecule has 5 N–H and O–H groups in total. The van der Waals surface area contributed by atoms with Gasteiger partial charge in [0, 0.05) is 16.6 Å². The van der Waals surface area contributed by atoms with E-state index in [1.165, 1.54) is 0 Å². The largest absolute Gasteiger partial charge is 0.508 e. The molecule has 0 radical (unpaired) electrons. The fraction of sp³-hybridized carbons (Fsp3) is 0.154. The molecule has 0 bridgehead atoms. The number of amides is 2. The van der Waals surface area contributed by atoms with Crippen molar-refractivity contribution in [3.8, 4) is 5.75 Å². The molecule has 5 rings (SSSR count). The normalized spacial score (nSPS) is 17.6. The molecule has 1 saturated heterocycles. The number of para-hydroxylation sites is 2. The minimum Gasteiger partial charge on any atom is -0.508 e. The molecule has 0 saturated carbocycles. The number of phenolic OH excluding ortho intramolecular Hbond substituents is 1. The lowest BCUT2D eigenvalue weighted by Crippen LogP contribution is -2.39. The molecule has 1 aromatic heterocycles. The summed E-state index contributed by atoms with van der Waals surface area (Å²) in [7, 11) is 0. The lowest BCUT2D eigenvalue weighted by atomic mass is 10.0. The first-order chi connectivity index (χ1) is 16.5. The zero-order valence-corrected chi connectivity index (χ0v) is 18.5. The molecule has 4 aromatic rings. The summed E-state index contributed by atoms with van der Waals surface area (Å²) in [6.45, 7) is 1.94. The average molecular weight is 457 g/mol. The van der Waals surface area contributed by atoms with Crippen molar-refractivity contribution in [1.29, 1.82) is 0 Å². The number of phenols is 1. The van der Waals surface area contributed by atoms with Crippen molar-refractivity contribution in [2.24, 2.45) is 0 Å². The van der Waals surface area contributed by atoms with E-state index in [1.807, 2.05) is 43.3 Å². The molecule has 8 nitrogen and oxygen atoms in total. The second-order valence-electron chi connectivity index (χ2n) is 8.30. The lowest BCUT2D eigenvalue weighted by Gasteiger charge is -2.12. The van der Waals surface area contributed by atoms with Crippen LogP contribution in [0.2, 0.25) is 0 Å². The van der Waals surface area contributed by atoms with Gasteiger partial charge in [0.15, 0.2) is 0 Å². The molecule has 0 spiro atoms. The average Bonchev–Trinajstić information content (AvgIpc) is 3.45. The highest BCUT2D eigenvalue weighted by Crippen LogP contribution is 2.33. The molecule has 8 heteroatoms. The standard InChI is InChI=1S/C26H24N4O4/c1-15-7-6-8-16(13-15)27-26(33)24-23(18-10-3-5-12-22(18)34-24)28-25(32)20-14-19(29-30-20)17-9-2-4-11-21(17)31/h2-13,19-20,29-31H,14H2,1H3,(H,27,33)(H,28,32). The van der Waals surface area contributed by atoms with Gasteiger partial charge >= 0.3 is 0 Å². The third-order valence-corrected chi connectivity index (χ3v) is 5.86. The Labute approximate surface area is 195 Å². The Morgan fingerprint density at radius 1 is 0.971 bits per heavy atom. The van der Waals surface area contributed by atoms with Crippen LogP contribution < -0.4 is 21.5 Å². The predicted molar refractivity (Wildman–Crippen MR) is 130 cm³/mol. The molecular weight excluding hydrogens is 432 g/mol. The van der Waals surface area contributed by atoms with Crippen molar-refractivity contribution in [1.82, 2.24) is 10.9 Å². The summed E-state index contributed by atoms with van der Waals surface area (Å²) in [5, 5.41) is 16.5. The number of aryl methyl sites for hydroxylation is 1. The van der Waals surface area contributed by atoms with Crippen molar-refractivity contribution in [2.45, 2.75) is 25.4 Å². The molecule has 2 amide bonds. The second-order valence-corrected chi connectivity index (χ2v) is 8.30. The first-order valence-electron chi connectivity index (χ1n) is 11.0. The molecule has 3 aromatic carbocycles. The van der Waals surface area contributed by atoms with Gasteiger partial charge in [0.25, 0.3) is 5.91 Å². The highest BCUT2D eigenvalue weighted by molar-refractivity contribution is 6.15. The first-order valence-corrected chi connectivity index (χ1v) is 11.0. The summed E-state index contributed by atoms with van der Waals surface area (Å²) in [4.78, 5) is 26.2. The van der Waals surface area contributed by atoms with Crippen molar-refractivity contribution in [3.63, 3.8) is 0 Å². The Morgan fingerprint density at radius 2 is 1.76 bits per heavy atom. The Balaban J connectivity index is 1.38. The van der Waals surface area contributed by atoms with Crippen molar-refractivity contribution in [2.75, 3.05) is 10.6 Å². The highest BCUT2D eigenvalue weighted by atomic mass is 16.3. The summed E-state index contributed by atoms with van der Waals surface area (Å²) in [6.07, 6.45) is 0.421. The third kappa shape index (κ3) is 4.24. The molecule has 2 heterocycles. The van der Waals surface area contributed by atoms with Crippen LogP contribution in [0.5, 0.6) is 5.75 Å². The van der Waals surface area contributed by atoms with Crippen molar-refractivity contribution >= 4 is 34.2 Å². The number of furan rings is 1. The highest BCUT2D eigenvalue weighted by Gasteiger charge is 2.33. The number of rotatable bonds is 5. The predicted octanol–water partition coefficient (Wildman–Crippen LogP) is 4.25. The molecular formula is C26H24N4O4. The van der Waals surface area contributed by atoms with E-state index in [-0.39, 0.29) is 23.5 Å². The van der Waals surface area contributed by atoms with E-state index in [0.717, 1.165) is 5.56 Å². The van der Waals surface area contributed by atoms with Crippen LogP contribution in [0.3, 0.4) is 0 Å². The van der Waals surface area contributed by atoms with Gasteiger partial charge in [-0.05, 0) is 49.2 Å². The zero-order valence-electron chi connectivity index (χ0n) is 18.5. The van der Waals surface area contributed by atoms with Crippen LogP contribution in [0.15, 0.2) is 77.2 Å². The third-order valence-electron chi connectivity index (χ3n) is 5.86. The van der Waals surface area contributed by atoms with Crippen LogP contribution in [0.25, 0.3) is 11.0 Å². The number of anilines is 2. The smallest absolute Gasteiger partial charge is 0.293 e. The molecule has 34 heavy (non-hydrogen) atoms. The molecule has 172 valence electrons. The number of hydrogen-bond acceptors (Lipinski definition) is 6. The number of hydrogen-bond donors (Lipinski definition) is 5. The quantitative estimate of drug-likeness (QED) is 0.307. The Morgan fingerprint density at radius 3 is 2.59 bits per heavy atom. The Hall–Kier alpha value is -4.14. The number of benzene rings is 3. The maximum atomic E-state index is 13.1. The lowest BCUT2D eigenvalue weighted by molar-refractivity contribution is -0.117. The van der Waals surface area contributed by atoms with E-state index in [1.54, 1.807) is 36.4 Å². The van der Waals surface area contributed by atoms with E-state index < -0.39 is 11.9 Å². The molecule has 0 aliphatic carbocycles. The van der Waals surface area contributed by atoms with Crippen LogP contribution in [0, 0.1) is 6.92 Å². The van der Waals surface area contributed by atoms with E-state index in [2.05, 4.69) is 21.5 Å². The number of hydrazine groups is 1. The van der Waals surface area contributed by atoms with Gasteiger partial charge in [-0.3, -0.25) is 9.59 Å². The SMILES string of the molecule is Cc1cccc(NC(=O)c2oc3ccccc3c2NC(=O)C2CC(c3ccccc3O)NN2)c1. The summed E-state index contributed by atoms with van der Waals surface area (Å²) in [5.41, 5.74) is 9.21. The summed E-state index contributed by atoms with van der Waals surface area (Å²) in [5.74, 6) is -0.582. The van der Waals surface area contributed by atoms with Crippen LogP contribution in [-0.2, 0) is 4.79 Å². The van der Waals surface area contributed by atoms with Crippen LogP contribution in [0.4, 0.5) is 11.4 Å². The number of nitrogens with one attached hydrogen (secondary N) is 4. The van der Waals surface area contributed by atoms with Gasteiger partial charge in [-0.2, -0.15) is 0 Å². The first kappa shape index (κ1) is 21.7. The topological polar surface area (TPSA) is 116 Å². The fourth-order valence-corrected chi connectivity index (χ4v) is 4.16. The minimum absolute atomic E-state index is 0.0271.